The van der Waals surface area contributed by atoms with Crippen LogP contribution >= 0.6 is 0 Å². The number of carbonyl (C=O) groups excluding carboxylic acids is 1. The van der Waals surface area contributed by atoms with E-state index < -0.39 is 12.0 Å². The second-order valence-electron chi connectivity index (χ2n) is 4.00. The van der Waals surface area contributed by atoms with Crippen LogP contribution in [-0.2, 0) is 4.79 Å². The van der Waals surface area contributed by atoms with Crippen LogP contribution in [0.5, 0.6) is 5.75 Å². The van der Waals surface area contributed by atoms with Gasteiger partial charge >= 0.3 is 5.97 Å². The summed E-state index contributed by atoms with van der Waals surface area (Å²) in [6.45, 7) is 3.08. The average Bonchev–Trinajstić information content (AvgIpc) is 2.46. The third-order valence-electron chi connectivity index (χ3n) is 2.36. The molecule has 1 atom stereocenters. The minimum atomic E-state index is -0.955. The second-order valence-corrected chi connectivity index (χ2v) is 4.00. The molecule has 112 valence electrons. The number of hydrogen-bond acceptors (Lipinski definition) is 5. The maximum absolute atomic E-state index is 10.2. The quantitative estimate of drug-likeness (QED) is 0.643. The highest BCUT2D eigenvalue weighted by Crippen LogP contribution is 2.10. The average molecular weight is 282 g/mol. The van der Waals surface area contributed by atoms with Crippen LogP contribution in [0.1, 0.15) is 30.1 Å². The molecule has 1 rings (SSSR count). The molecule has 0 radical (unpaired) electrons. The molecule has 5 N–H and O–H groups in total. The highest BCUT2D eigenvalue weighted by molar-refractivity contribution is 5.74. The highest BCUT2D eigenvalue weighted by atomic mass is 16.5. The summed E-state index contributed by atoms with van der Waals surface area (Å²) in [5.41, 5.74) is 11.0. The van der Waals surface area contributed by atoms with Crippen molar-refractivity contribution in [2.45, 2.75) is 25.8 Å². The molecule has 0 fully saturated rings. The van der Waals surface area contributed by atoms with E-state index in [2.05, 4.69) is 0 Å². The first kappa shape index (κ1) is 18.1. The number of ether oxygens (including phenoxy) is 1. The number of carbonyl (C=O) groups is 2. The van der Waals surface area contributed by atoms with Crippen molar-refractivity contribution in [3.63, 3.8) is 0 Å². The molecular weight excluding hydrogens is 260 g/mol. The Morgan fingerprint density at radius 2 is 2.00 bits per heavy atom. The maximum Gasteiger partial charge on any atom is 0.320 e. The van der Waals surface area contributed by atoms with Crippen molar-refractivity contribution in [2.75, 3.05) is 13.2 Å². The highest BCUT2D eigenvalue weighted by Gasteiger charge is 2.08. The first-order chi connectivity index (χ1) is 9.54. The zero-order chi connectivity index (χ0) is 15.4. The lowest BCUT2D eigenvalue weighted by Crippen LogP contribution is -2.30. The van der Waals surface area contributed by atoms with Crippen molar-refractivity contribution >= 4 is 12.3 Å². The van der Waals surface area contributed by atoms with Gasteiger partial charge in [-0.25, -0.2) is 0 Å². The van der Waals surface area contributed by atoms with Crippen LogP contribution in [0.3, 0.4) is 0 Å². The van der Waals surface area contributed by atoms with Crippen molar-refractivity contribution in [1.29, 1.82) is 0 Å². The Morgan fingerprint density at radius 1 is 1.40 bits per heavy atom. The molecule has 0 aliphatic heterocycles. The molecule has 1 aromatic carbocycles. The molecule has 0 spiro atoms. The summed E-state index contributed by atoms with van der Waals surface area (Å²) < 4.78 is 5.19. The molecule has 6 nitrogen and oxygen atoms in total. The van der Waals surface area contributed by atoms with Gasteiger partial charge in [0, 0.05) is 5.56 Å². The predicted molar refractivity (Wildman–Crippen MR) is 76.9 cm³/mol. The fourth-order valence-electron chi connectivity index (χ4n) is 1.27. The van der Waals surface area contributed by atoms with E-state index in [-0.39, 0.29) is 0 Å². The molecule has 0 aliphatic rings. The lowest BCUT2D eigenvalue weighted by Gasteiger charge is -2.02. The van der Waals surface area contributed by atoms with Crippen LogP contribution in [0, 0.1) is 0 Å². The van der Waals surface area contributed by atoms with E-state index >= 15 is 0 Å². The van der Waals surface area contributed by atoms with E-state index in [0.717, 1.165) is 12.0 Å². The second kappa shape index (κ2) is 11.0. The first-order valence-electron chi connectivity index (χ1n) is 6.41. The molecule has 0 saturated carbocycles. The van der Waals surface area contributed by atoms with Crippen molar-refractivity contribution in [3.05, 3.63) is 29.8 Å². The summed E-state index contributed by atoms with van der Waals surface area (Å²) in [4.78, 5) is 20.3. The fraction of sp³-hybridized carbons (Fsp3) is 0.429. The lowest BCUT2D eigenvalue weighted by atomic mass is 10.2. The number of nitrogens with two attached hydrogens (primary N) is 2. The van der Waals surface area contributed by atoms with Gasteiger partial charge in [0.15, 0.2) is 0 Å². The summed E-state index contributed by atoms with van der Waals surface area (Å²) in [5.74, 6) is -0.151. The van der Waals surface area contributed by atoms with Crippen LogP contribution in [-0.4, -0.2) is 36.6 Å². The van der Waals surface area contributed by atoms with Gasteiger partial charge in [-0.1, -0.05) is 0 Å². The summed E-state index contributed by atoms with van der Waals surface area (Å²) in [5, 5.41) is 8.24. The largest absolute Gasteiger partial charge is 0.494 e. The summed E-state index contributed by atoms with van der Waals surface area (Å²) in [6.07, 6.45) is 1.95. The number of carboxylic acid groups (broad SMARTS) is 1. The molecular formula is C14H22N2O4. The molecule has 0 unspecified atom stereocenters. The monoisotopic (exact) mass is 282 g/mol. The van der Waals surface area contributed by atoms with Crippen molar-refractivity contribution in [3.8, 4) is 5.75 Å². The molecule has 1 aromatic rings. The fourth-order valence-corrected chi connectivity index (χ4v) is 1.27. The first-order valence-corrected chi connectivity index (χ1v) is 6.41. The Balaban J connectivity index is 0.000000370. The molecule has 0 aliphatic carbocycles. The van der Waals surface area contributed by atoms with Gasteiger partial charge in [0.25, 0.3) is 0 Å². The molecule has 20 heavy (non-hydrogen) atoms. The third-order valence-corrected chi connectivity index (χ3v) is 2.36. The minimum absolute atomic E-state index is 0.464. The van der Waals surface area contributed by atoms with Gasteiger partial charge in [0.2, 0.25) is 0 Å². The zero-order valence-electron chi connectivity index (χ0n) is 11.6. The van der Waals surface area contributed by atoms with Gasteiger partial charge in [0.1, 0.15) is 18.1 Å². The standard InChI is InChI=1S/C9H10O2.C5H12N2O2/c1-2-11-9-5-3-8(7-10)4-6-9;6-3-1-2-4(7)5(8)9/h3-7H,2H2,1H3;4H,1-3,6-7H2,(H,8,9)/t;4-/m.0/s1. The number of aliphatic carboxylic acids is 1. The Kier molecular flexibility index (Phi) is 9.90. The third kappa shape index (κ3) is 8.23. The summed E-state index contributed by atoms with van der Waals surface area (Å²) >= 11 is 0. The van der Waals surface area contributed by atoms with Gasteiger partial charge in [-0.15, -0.1) is 0 Å². The van der Waals surface area contributed by atoms with E-state index in [9.17, 15) is 9.59 Å². The smallest absolute Gasteiger partial charge is 0.320 e. The summed E-state index contributed by atoms with van der Waals surface area (Å²) in [6, 6.07) is 6.30. The van der Waals surface area contributed by atoms with Crippen LogP contribution in [0.4, 0.5) is 0 Å². The van der Waals surface area contributed by atoms with Crippen LogP contribution < -0.4 is 16.2 Å². The van der Waals surface area contributed by atoms with Crippen LogP contribution in [0.25, 0.3) is 0 Å². The van der Waals surface area contributed by atoms with Gasteiger partial charge in [-0.2, -0.15) is 0 Å². The van der Waals surface area contributed by atoms with E-state index in [4.69, 9.17) is 21.3 Å². The topological polar surface area (TPSA) is 116 Å². The number of aldehydes is 1. The predicted octanol–water partition coefficient (Wildman–Crippen LogP) is 1.04. The molecule has 0 aromatic heterocycles. The van der Waals surface area contributed by atoms with Crippen LogP contribution in [0.15, 0.2) is 24.3 Å². The van der Waals surface area contributed by atoms with Crippen LogP contribution in [0.2, 0.25) is 0 Å². The summed E-state index contributed by atoms with van der Waals surface area (Å²) in [7, 11) is 0. The number of benzene rings is 1. The number of rotatable bonds is 7. The lowest BCUT2D eigenvalue weighted by molar-refractivity contribution is -0.138. The van der Waals surface area contributed by atoms with E-state index in [1.165, 1.54) is 0 Å². The van der Waals surface area contributed by atoms with E-state index in [1.54, 1.807) is 24.3 Å². The SMILES string of the molecule is CCOc1ccc(C=O)cc1.NCCC[C@H](N)C(=O)O. The van der Waals surface area contributed by atoms with E-state index in [1.807, 2.05) is 6.92 Å². The Labute approximate surface area is 118 Å². The van der Waals surface area contributed by atoms with Gasteiger partial charge < -0.3 is 21.3 Å². The zero-order valence-corrected chi connectivity index (χ0v) is 11.6. The molecule has 0 bridgehead atoms. The van der Waals surface area contributed by atoms with Crippen molar-refractivity contribution < 1.29 is 19.4 Å². The molecule has 0 saturated heterocycles. The normalized spacial score (nSPS) is 10.9. The molecule has 6 heteroatoms. The number of hydrogen-bond donors (Lipinski definition) is 3. The van der Waals surface area contributed by atoms with Gasteiger partial charge in [-0.05, 0) is 50.6 Å². The molecule has 0 amide bonds. The Hall–Kier alpha value is -1.92. The van der Waals surface area contributed by atoms with Crippen molar-refractivity contribution in [1.82, 2.24) is 0 Å². The van der Waals surface area contributed by atoms with Crippen molar-refractivity contribution in [2.24, 2.45) is 11.5 Å². The maximum atomic E-state index is 10.2. The Bertz CT molecular complexity index is 393. The minimum Gasteiger partial charge on any atom is -0.494 e. The van der Waals surface area contributed by atoms with E-state index in [0.29, 0.717) is 31.6 Å². The number of carboxylic acids is 1. The molecule has 0 heterocycles. The van der Waals surface area contributed by atoms with Gasteiger partial charge in [0.05, 0.1) is 6.61 Å². The Morgan fingerprint density at radius 3 is 2.40 bits per heavy atom. The van der Waals surface area contributed by atoms with Gasteiger partial charge in [-0.3, -0.25) is 9.59 Å².